The van der Waals surface area contributed by atoms with Crippen molar-refractivity contribution in [2.45, 2.75) is 23.5 Å². The Balaban J connectivity index is 1.66. The van der Waals surface area contributed by atoms with Crippen LogP contribution in [0.15, 0.2) is 50.4 Å². The minimum Gasteiger partial charge on any atom is -0.464 e. The fourth-order valence-corrected chi connectivity index (χ4v) is 4.29. The number of rotatable bonds is 4. The first-order valence-electron chi connectivity index (χ1n) is 7.95. The van der Waals surface area contributed by atoms with E-state index in [4.69, 9.17) is 4.42 Å². The molecule has 0 radical (unpaired) electrons. The lowest BCUT2D eigenvalue weighted by molar-refractivity contribution is -0.141. The van der Waals surface area contributed by atoms with Gasteiger partial charge in [0.05, 0.1) is 16.9 Å². The van der Waals surface area contributed by atoms with Gasteiger partial charge < -0.3 is 9.40 Å². The zero-order chi connectivity index (χ0) is 19.9. The van der Waals surface area contributed by atoms with Crippen molar-refractivity contribution in [1.82, 2.24) is 19.9 Å². The second-order valence-corrected chi connectivity index (χ2v) is 7.91. The molecule has 6 nitrogen and oxygen atoms in total. The third kappa shape index (κ3) is 3.54. The van der Waals surface area contributed by atoms with E-state index in [9.17, 15) is 18.0 Å². The van der Waals surface area contributed by atoms with Crippen molar-refractivity contribution in [3.63, 3.8) is 0 Å². The van der Waals surface area contributed by atoms with Gasteiger partial charge in [0, 0.05) is 17.1 Å². The molecule has 11 heteroatoms. The summed E-state index contributed by atoms with van der Waals surface area (Å²) < 4.78 is 43.8. The van der Waals surface area contributed by atoms with E-state index in [2.05, 4.69) is 19.9 Å². The molecule has 144 valence electrons. The maximum Gasteiger partial charge on any atom is 0.433 e. The Labute approximate surface area is 163 Å². The Morgan fingerprint density at radius 3 is 2.82 bits per heavy atom. The largest absolute Gasteiger partial charge is 0.464 e. The normalized spacial score (nSPS) is 13.1. The molecule has 0 fully saturated rings. The molecule has 0 amide bonds. The molecule has 0 bridgehead atoms. The van der Waals surface area contributed by atoms with Crippen LogP contribution in [0.2, 0.25) is 0 Å². The number of aromatic nitrogens is 4. The van der Waals surface area contributed by atoms with Crippen molar-refractivity contribution in [3.05, 3.63) is 57.9 Å². The molecule has 0 aliphatic rings. The molecule has 0 saturated carbocycles. The number of halogens is 3. The molecule has 0 aliphatic heterocycles. The monoisotopic (exact) mass is 424 g/mol. The topological polar surface area (TPSA) is 84.7 Å². The number of aromatic amines is 1. The maximum absolute atomic E-state index is 12.8. The van der Waals surface area contributed by atoms with E-state index in [1.807, 2.05) is 0 Å². The standard InChI is InChI=1S/C17H11F3N4O2S2/c1-8(28-16-21-5-4-11(22-16)17(18,19)20)13-23-14(25)12-9(7-27-15(12)24-13)10-3-2-6-26-10/h2-8H,1H3,(H,23,24,25)/t8-/m0/s1. The van der Waals surface area contributed by atoms with Gasteiger partial charge in [0.25, 0.3) is 5.56 Å². The summed E-state index contributed by atoms with van der Waals surface area (Å²) in [5.41, 5.74) is -0.715. The maximum atomic E-state index is 12.8. The molecule has 0 spiro atoms. The van der Waals surface area contributed by atoms with E-state index in [0.717, 1.165) is 24.0 Å². The van der Waals surface area contributed by atoms with E-state index in [1.54, 1.807) is 24.4 Å². The lowest BCUT2D eigenvalue weighted by Crippen LogP contribution is -2.13. The summed E-state index contributed by atoms with van der Waals surface area (Å²) in [7, 11) is 0. The van der Waals surface area contributed by atoms with Crippen molar-refractivity contribution in [2.24, 2.45) is 0 Å². The van der Waals surface area contributed by atoms with E-state index in [1.165, 1.54) is 17.6 Å². The fourth-order valence-electron chi connectivity index (χ4n) is 2.54. The molecule has 1 atom stereocenters. The number of fused-ring (bicyclic) bond motifs is 1. The number of hydrogen-bond acceptors (Lipinski definition) is 7. The molecule has 0 saturated heterocycles. The molecule has 1 N–H and O–H groups in total. The third-order valence-electron chi connectivity index (χ3n) is 3.84. The first kappa shape index (κ1) is 18.7. The van der Waals surface area contributed by atoms with E-state index >= 15 is 0 Å². The summed E-state index contributed by atoms with van der Waals surface area (Å²) in [6.07, 6.45) is -1.98. The fraction of sp³-hybridized carbons (Fsp3) is 0.176. The van der Waals surface area contributed by atoms with Crippen LogP contribution in [-0.2, 0) is 6.18 Å². The number of furan rings is 1. The van der Waals surface area contributed by atoms with Crippen LogP contribution in [0.3, 0.4) is 0 Å². The predicted octanol–water partition coefficient (Wildman–Crippen LogP) is 4.91. The van der Waals surface area contributed by atoms with Gasteiger partial charge in [-0.25, -0.2) is 15.0 Å². The Morgan fingerprint density at radius 2 is 2.11 bits per heavy atom. The summed E-state index contributed by atoms with van der Waals surface area (Å²) in [6, 6.07) is 4.28. The molecular formula is C17H11F3N4O2S2. The van der Waals surface area contributed by atoms with Crippen LogP contribution in [-0.4, -0.2) is 19.9 Å². The van der Waals surface area contributed by atoms with Gasteiger partial charge in [-0.1, -0.05) is 11.8 Å². The van der Waals surface area contributed by atoms with Gasteiger partial charge in [0.15, 0.2) is 5.16 Å². The zero-order valence-electron chi connectivity index (χ0n) is 14.1. The SMILES string of the molecule is C[C@H](Sc1nccc(C(F)(F)F)n1)c1nc2scc(-c3ccco3)c2c(=O)[nH]1. The Hall–Kier alpha value is -2.66. The third-order valence-corrected chi connectivity index (χ3v) is 5.70. The highest BCUT2D eigenvalue weighted by atomic mass is 32.2. The van der Waals surface area contributed by atoms with Gasteiger partial charge in [-0.2, -0.15) is 13.2 Å². The van der Waals surface area contributed by atoms with Gasteiger partial charge in [0.2, 0.25) is 0 Å². The van der Waals surface area contributed by atoms with Gasteiger partial charge >= 0.3 is 6.18 Å². The summed E-state index contributed by atoms with van der Waals surface area (Å²) >= 11 is 2.27. The van der Waals surface area contributed by atoms with Crippen LogP contribution in [0.25, 0.3) is 21.5 Å². The van der Waals surface area contributed by atoms with Crippen molar-refractivity contribution in [1.29, 1.82) is 0 Å². The predicted molar refractivity (Wildman–Crippen MR) is 99.2 cm³/mol. The minimum absolute atomic E-state index is 0.0486. The smallest absolute Gasteiger partial charge is 0.433 e. The van der Waals surface area contributed by atoms with Crippen molar-refractivity contribution >= 4 is 33.3 Å². The van der Waals surface area contributed by atoms with Gasteiger partial charge in [-0.15, -0.1) is 11.3 Å². The summed E-state index contributed by atoms with van der Waals surface area (Å²) in [5, 5.41) is 1.68. The first-order chi connectivity index (χ1) is 13.3. The number of H-pyrrole nitrogens is 1. The van der Waals surface area contributed by atoms with Gasteiger partial charge in [0.1, 0.15) is 22.1 Å². The van der Waals surface area contributed by atoms with Crippen molar-refractivity contribution in [3.8, 4) is 11.3 Å². The highest BCUT2D eigenvalue weighted by molar-refractivity contribution is 7.99. The molecule has 0 unspecified atom stereocenters. The highest BCUT2D eigenvalue weighted by Gasteiger charge is 2.33. The molecular weight excluding hydrogens is 413 g/mol. The number of hydrogen-bond donors (Lipinski definition) is 1. The number of alkyl halides is 3. The van der Waals surface area contributed by atoms with Crippen LogP contribution in [0.1, 0.15) is 23.7 Å². The summed E-state index contributed by atoms with van der Waals surface area (Å²) in [5.74, 6) is 0.891. The quantitative estimate of drug-likeness (QED) is 0.370. The Bertz CT molecular complexity index is 1190. The van der Waals surface area contributed by atoms with Crippen LogP contribution in [0, 0.1) is 0 Å². The number of thioether (sulfide) groups is 1. The zero-order valence-corrected chi connectivity index (χ0v) is 15.8. The number of nitrogens with zero attached hydrogens (tertiary/aromatic N) is 3. The van der Waals surface area contributed by atoms with Gasteiger partial charge in [-0.05, 0) is 25.1 Å². The Morgan fingerprint density at radius 1 is 1.29 bits per heavy atom. The second-order valence-electron chi connectivity index (χ2n) is 5.74. The molecule has 4 aromatic rings. The average Bonchev–Trinajstić information content (AvgIpc) is 3.30. The van der Waals surface area contributed by atoms with Crippen LogP contribution in [0.4, 0.5) is 13.2 Å². The van der Waals surface area contributed by atoms with Crippen molar-refractivity contribution < 1.29 is 17.6 Å². The van der Waals surface area contributed by atoms with Crippen LogP contribution in [0.5, 0.6) is 0 Å². The molecule has 0 aliphatic carbocycles. The lowest BCUT2D eigenvalue weighted by Gasteiger charge is -2.11. The second kappa shape index (κ2) is 7.06. The molecule has 4 aromatic heterocycles. The molecule has 0 aromatic carbocycles. The Kier molecular flexibility index (Phi) is 4.71. The van der Waals surface area contributed by atoms with Crippen LogP contribution >= 0.6 is 23.1 Å². The average molecular weight is 424 g/mol. The first-order valence-corrected chi connectivity index (χ1v) is 9.71. The van der Waals surface area contributed by atoms with Gasteiger partial charge in [-0.3, -0.25) is 4.79 Å². The lowest BCUT2D eigenvalue weighted by atomic mass is 10.2. The van der Waals surface area contributed by atoms with E-state index in [-0.39, 0.29) is 10.7 Å². The van der Waals surface area contributed by atoms with E-state index in [0.29, 0.717) is 27.4 Å². The minimum atomic E-state index is -4.55. The number of nitrogens with one attached hydrogen (secondary N) is 1. The molecule has 4 rings (SSSR count). The summed E-state index contributed by atoms with van der Waals surface area (Å²) in [4.78, 5) is 27.7. The van der Waals surface area contributed by atoms with Crippen molar-refractivity contribution in [2.75, 3.05) is 0 Å². The molecule has 4 heterocycles. The summed E-state index contributed by atoms with van der Waals surface area (Å²) in [6.45, 7) is 1.71. The molecule has 28 heavy (non-hydrogen) atoms. The van der Waals surface area contributed by atoms with Crippen LogP contribution < -0.4 is 5.56 Å². The van der Waals surface area contributed by atoms with E-state index < -0.39 is 17.1 Å². The highest BCUT2D eigenvalue weighted by Crippen LogP contribution is 2.35. The number of thiophene rings is 1.